The largest absolute Gasteiger partial charge is 0.478 e. The van der Waals surface area contributed by atoms with Crippen molar-refractivity contribution in [2.45, 2.75) is 13.5 Å². The zero-order valence-electron chi connectivity index (χ0n) is 10.8. The fourth-order valence-corrected chi connectivity index (χ4v) is 1.64. The number of carbonyl (C=O) groups excluding carboxylic acids is 1. The quantitative estimate of drug-likeness (QED) is 0.877. The minimum absolute atomic E-state index is 0.137. The molecule has 2 N–H and O–H groups in total. The fourth-order valence-electron chi connectivity index (χ4n) is 1.64. The van der Waals surface area contributed by atoms with E-state index in [9.17, 15) is 9.59 Å². The molecule has 102 valence electrons. The van der Waals surface area contributed by atoms with Crippen LogP contribution >= 0.6 is 0 Å². The molecule has 0 aliphatic heterocycles. The predicted octanol–water partition coefficient (Wildman–Crippen LogP) is 1.41. The Morgan fingerprint density at radius 3 is 2.80 bits per heavy atom. The van der Waals surface area contributed by atoms with Crippen molar-refractivity contribution in [3.8, 4) is 0 Å². The standard InChI is InChI=1S/C14H13N3O3/c1-9-3-2-4-12(17-9)13(18)16-8-11-7-10(14(19)20)5-6-15-11/h2-7H,8H2,1H3,(H,16,18)(H,19,20). The molecule has 2 rings (SSSR count). The third kappa shape index (κ3) is 3.38. The van der Waals surface area contributed by atoms with Gasteiger partial charge in [0.1, 0.15) is 5.69 Å². The normalized spacial score (nSPS) is 10.1. The first-order valence-corrected chi connectivity index (χ1v) is 5.96. The Kier molecular flexibility index (Phi) is 4.05. The second-order valence-corrected chi connectivity index (χ2v) is 4.19. The highest BCUT2D eigenvalue weighted by Crippen LogP contribution is 2.03. The van der Waals surface area contributed by atoms with E-state index < -0.39 is 5.97 Å². The Bertz CT molecular complexity index is 656. The molecule has 2 aromatic heterocycles. The van der Waals surface area contributed by atoms with Gasteiger partial charge in [-0.05, 0) is 31.2 Å². The average molecular weight is 271 g/mol. The molecule has 6 nitrogen and oxygen atoms in total. The first-order chi connectivity index (χ1) is 9.56. The van der Waals surface area contributed by atoms with Gasteiger partial charge in [0, 0.05) is 11.9 Å². The molecule has 0 spiro atoms. The number of pyridine rings is 2. The molecule has 6 heteroatoms. The summed E-state index contributed by atoms with van der Waals surface area (Å²) < 4.78 is 0. The number of aryl methyl sites for hydroxylation is 1. The Hall–Kier alpha value is -2.76. The number of carboxylic acid groups (broad SMARTS) is 1. The van der Waals surface area contributed by atoms with Crippen LogP contribution in [0.4, 0.5) is 0 Å². The molecular formula is C14H13N3O3. The van der Waals surface area contributed by atoms with Crippen LogP contribution in [0.5, 0.6) is 0 Å². The molecule has 20 heavy (non-hydrogen) atoms. The van der Waals surface area contributed by atoms with Gasteiger partial charge >= 0.3 is 5.97 Å². The highest BCUT2D eigenvalue weighted by molar-refractivity contribution is 5.92. The smallest absolute Gasteiger partial charge is 0.335 e. The monoisotopic (exact) mass is 271 g/mol. The number of nitrogens with zero attached hydrogens (tertiary/aromatic N) is 2. The summed E-state index contributed by atoms with van der Waals surface area (Å²) in [6, 6.07) is 7.99. The molecule has 1 amide bonds. The molecule has 0 aliphatic carbocycles. The molecule has 0 saturated carbocycles. The van der Waals surface area contributed by atoms with E-state index in [2.05, 4.69) is 15.3 Å². The molecule has 0 radical (unpaired) electrons. The number of carboxylic acids is 1. The highest BCUT2D eigenvalue weighted by atomic mass is 16.4. The van der Waals surface area contributed by atoms with Crippen LogP contribution in [0, 0.1) is 6.92 Å². The zero-order chi connectivity index (χ0) is 14.5. The Morgan fingerprint density at radius 1 is 1.30 bits per heavy atom. The van der Waals surface area contributed by atoms with Crippen LogP contribution in [0.25, 0.3) is 0 Å². The minimum Gasteiger partial charge on any atom is -0.478 e. The molecule has 0 saturated heterocycles. The van der Waals surface area contributed by atoms with Crippen LogP contribution in [0.15, 0.2) is 36.5 Å². The van der Waals surface area contributed by atoms with Gasteiger partial charge in [0.2, 0.25) is 0 Å². The lowest BCUT2D eigenvalue weighted by Gasteiger charge is -2.05. The van der Waals surface area contributed by atoms with Crippen LogP contribution in [-0.4, -0.2) is 27.0 Å². The summed E-state index contributed by atoms with van der Waals surface area (Å²) in [4.78, 5) is 30.8. The second kappa shape index (κ2) is 5.92. The summed E-state index contributed by atoms with van der Waals surface area (Å²) in [6.45, 7) is 1.95. The molecule has 0 atom stereocenters. The predicted molar refractivity (Wildman–Crippen MR) is 71.3 cm³/mol. The zero-order valence-corrected chi connectivity index (χ0v) is 10.8. The van der Waals surface area contributed by atoms with Crippen LogP contribution in [0.2, 0.25) is 0 Å². The van der Waals surface area contributed by atoms with Crippen LogP contribution in [0.1, 0.15) is 32.2 Å². The fraction of sp³-hybridized carbons (Fsp3) is 0.143. The molecule has 0 bridgehead atoms. The third-order valence-electron chi connectivity index (χ3n) is 2.61. The van der Waals surface area contributed by atoms with Gasteiger partial charge in [-0.1, -0.05) is 6.07 Å². The van der Waals surface area contributed by atoms with Crippen molar-refractivity contribution in [2.75, 3.05) is 0 Å². The summed E-state index contributed by atoms with van der Waals surface area (Å²) in [5.41, 5.74) is 1.69. The number of rotatable bonds is 4. The SMILES string of the molecule is Cc1cccc(C(=O)NCc2cc(C(=O)O)ccn2)n1. The number of aromatic carboxylic acids is 1. The van der Waals surface area contributed by atoms with E-state index in [1.54, 1.807) is 25.1 Å². The van der Waals surface area contributed by atoms with Crippen molar-refractivity contribution >= 4 is 11.9 Å². The van der Waals surface area contributed by atoms with Gasteiger partial charge in [-0.2, -0.15) is 0 Å². The number of hydrogen-bond acceptors (Lipinski definition) is 4. The molecule has 0 fully saturated rings. The highest BCUT2D eigenvalue weighted by Gasteiger charge is 2.08. The van der Waals surface area contributed by atoms with Crippen LogP contribution in [0.3, 0.4) is 0 Å². The van der Waals surface area contributed by atoms with E-state index in [1.165, 1.54) is 18.3 Å². The van der Waals surface area contributed by atoms with E-state index in [4.69, 9.17) is 5.11 Å². The minimum atomic E-state index is -1.03. The van der Waals surface area contributed by atoms with Gasteiger partial charge in [-0.25, -0.2) is 9.78 Å². The van der Waals surface area contributed by atoms with Crippen molar-refractivity contribution < 1.29 is 14.7 Å². The number of carbonyl (C=O) groups is 2. The Labute approximate surface area is 115 Å². The van der Waals surface area contributed by atoms with Gasteiger partial charge in [0.15, 0.2) is 0 Å². The van der Waals surface area contributed by atoms with Crippen molar-refractivity contribution in [3.05, 3.63) is 59.2 Å². The van der Waals surface area contributed by atoms with Crippen LogP contribution in [-0.2, 0) is 6.54 Å². The maximum atomic E-state index is 11.9. The van der Waals surface area contributed by atoms with Crippen LogP contribution < -0.4 is 5.32 Å². The van der Waals surface area contributed by atoms with Crippen molar-refractivity contribution in [1.29, 1.82) is 0 Å². The number of hydrogen-bond donors (Lipinski definition) is 2. The van der Waals surface area contributed by atoms with E-state index in [0.717, 1.165) is 5.69 Å². The summed E-state index contributed by atoms with van der Waals surface area (Å²) in [5.74, 6) is -1.35. The second-order valence-electron chi connectivity index (χ2n) is 4.19. The van der Waals surface area contributed by atoms with Crippen molar-refractivity contribution in [1.82, 2.24) is 15.3 Å². The first kappa shape index (κ1) is 13.7. The third-order valence-corrected chi connectivity index (χ3v) is 2.61. The Balaban J connectivity index is 2.03. The van der Waals surface area contributed by atoms with Gasteiger partial charge < -0.3 is 10.4 Å². The maximum Gasteiger partial charge on any atom is 0.335 e. The topological polar surface area (TPSA) is 92.2 Å². The summed E-state index contributed by atoms with van der Waals surface area (Å²) in [7, 11) is 0. The van der Waals surface area contributed by atoms with Gasteiger partial charge in [0.25, 0.3) is 5.91 Å². The first-order valence-electron chi connectivity index (χ1n) is 5.96. The molecule has 0 aliphatic rings. The number of amides is 1. The lowest BCUT2D eigenvalue weighted by molar-refractivity contribution is 0.0696. The summed E-state index contributed by atoms with van der Waals surface area (Å²) in [5, 5.41) is 11.5. The molecule has 2 aromatic rings. The van der Waals surface area contributed by atoms with E-state index >= 15 is 0 Å². The number of nitrogens with one attached hydrogen (secondary N) is 1. The summed E-state index contributed by atoms with van der Waals surface area (Å²) in [6.07, 6.45) is 1.40. The van der Waals surface area contributed by atoms with Gasteiger partial charge in [-0.3, -0.25) is 9.78 Å². The number of aromatic nitrogens is 2. The molecule has 0 unspecified atom stereocenters. The van der Waals surface area contributed by atoms with Gasteiger partial charge in [-0.15, -0.1) is 0 Å². The Morgan fingerprint density at radius 2 is 2.10 bits per heavy atom. The van der Waals surface area contributed by atoms with Gasteiger partial charge in [0.05, 0.1) is 17.8 Å². The van der Waals surface area contributed by atoms with Crippen molar-refractivity contribution in [2.24, 2.45) is 0 Å². The lowest BCUT2D eigenvalue weighted by Crippen LogP contribution is -2.24. The van der Waals surface area contributed by atoms with Crippen molar-refractivity contribution in [3.63, 3.8) is 0 Å². The van der Waals surface area contributed by atoms with E-state index in [0.29, 0.717) is 11.4 Å². The van der Waals surface area contributed by atoms with E-state index in [-0.39, 0.29) is 18.0 Å². The van der Waals surface area contributed by atoms with E-state index in [1.807, 2.05) is 0 Å². The average Bonchev–Trinajstić information content (AvgIpc) is 2.45. The maximum absolute atomic E-state index is 11.9. The molecular weight excluding hydrogens is 258 g/mol. The lowest BCUT2D eigenvalue weighted by atomic mass is 10.2. The molecule has 2 heterocycles. The molecule has 0 aromatic carbocycles. The summed E-state index contributed by atoms with van der Waals surface area (Å²) >= 11 is 0.